The summed E-state index contributed by atoms with van der Waals surface area (Å²) in [7, 11) is 0. The fraction of sp³-hybridized carbons (Fsp3) is 0.571. The highest BCUT2D eigenvalue weighted by Crippen LogP contribution is 1.98. The van der Waals surface area contributed by atoms with Crippen LogP contribution in [0, 0.1) is 0 Å². The topological polar surface area (TPSA) is 67.2 Å². The Morgan fingerprint density at radius 3 is 2.64 bits per heavy atom. The molecule has 0 rings (SSSR count). The number of carbonyl (C=O) groups excluding carboxylic acids is 1. The van der Waals surface area contributed by atoms with Crippen LogP contribution in [-0.4, -0.2) is 5.91 Å². The Hall–Kier alpha value is -1.03. The van der Waals surface area contributed by atoms with Gasteiger partial charge < -0.3 is 10.7 Å². The highest BCUT2D eigenvalue weighted by atomic mass is 16.1. The van der Waals surface area contributed by atoms with Crippen molar-refractivity contribution in [2.24, 2.45) is 5.84 Å². The molecule has 0 aromatic heterocycles. The van der Waals surface area contributed by atoms with Crippen LogP contribution in [0.1, 0.15) is 26.7 Å². The van der Waals surface area contributed by atoms with E-state index < -0.39 is 0 Å². The van der Waals surface area contributed by atoms with Gasteiger partial charge in [-0.1, -0.05) is 13.3 Å². The van der Waals surface area contributed by atoms with Crippen molar-refractivity contribution >= 4 is 5.91 Å². The third kappa shape index (κ3) is 5.42. The molecular formula is C7H15N3O. The lowest BCUT2D eigenvalue weighted by Gasteiger charge is -2.05. The number of hydrazine groups is 1. The van der Waals surface area contributed by atoms with E-state index in [1.165, 1.54) is 6.92 Å². The quantitative estimate of drug-likeness (QED) is 0.404. The molecule has 0 aromatic rings. The zero-order valence-electron chi connectivity index (χ0n) is 6.98. The monoisotopic (exact) mass is 157 g/mol. The second-order valence-corrected chi connectivity index (χ2v) is 2.27. The summed E-state index contributed by atoms with van der Waals surface area (Å²) in [6.07, 6.45) is 3.39. The van der Waals surface area contributed by atoms with E-state index in [-0.39, 0.29) is 5.91 Å². The van der Waals surface area contributed by atoms with Gasteiger partial charge >= 0.3 is 0 Å². The molecule has 0 saturated heterocycles. The zero-order chi connectivity index (χ0) is 8.69. The first-order valence-corrected chi connectivity index (χ1v) is 3.63. The summed E-state index contributed by atoms with van der Waals surface area (Å²) in [5.41, 5.74) is 3.20. The molecule has 4 nitrogen and oxygen atoms in total. The molecule has 0 saturated carbocycles. The normalized spacial score (nSPS) is 11.0. The largest absolute Gasteiger partial charge is 0.330 e. The smallest absolute Gasteiger partial charge is 0.221 e. The van der Waals surface area contributed by atoms with Gasteiger partial charge in [0.05, 0.1) is 0 Å². The van der Waals surface area contributed by atoms with Crippen molar-refractivity contribution < 1.29 is 4.79 Å². The number of amides is 1. The molecule has 0 spiro atoms. The van der Waals surface area contributed by atoms with Crippen LogP contribution >= 0.6 is 0 Å². The molecule has 11 heavy (non-hydrogen) atoms. The van der Waals surface area contributed by atoms with Crippen molar-refractivity contribution in [3.8, 4) is 0 Å². The van der Waals surface area contributed by atoms with Gasteiger partial charge in [0.25, 0.3) is 0 Å². The maximum absolute atomic E-state index is 10.6. The van der Waals surface area contributed by atoms with Crippen molar-refractivity contribution in [2.75, 3.05) is 0 Å². The van der Waals surface area contributed by atoms with E-state index in [0.29, 0.717) is 0 Å². The second-order valence-electron chi connectivity index (χ2n) is 2.27. The maximum Gasteiger partial charge on any atom is 0.221 e. The van der Waals surface area contributed by atoms with Crippen LogP contribution in [0.2, 0.25) is 0 Å². The summed E-state index contributed by atoms with van der Waals surface area (Å²) < 4.78 is 0. The lowest BCUT2D eigenvalue weighted by atomic mass is 10.2. The Kier molecular flexibility index (Phi) is 5.20. The number of nitrogens with one attached hydrogen (secondary N) is 2. The molecule has 0 aliphatic carbocycles. The molecule has 0 aliphatic rings. The zero-order valence-corrected chi connectivity index (χ0v) is 6.98. The van der Waals surface area contributed by atoms with E-state index in [1.807, 2.05) is 6.92 Å². The number of rotatable bonds is 4. The van der Waals surface area contributed by atoms with E-state index in [0.717, 1.165) is 18.5 Å². The van der Waals surface area contributed by atoms with Gasteiger partial charge in [0.1, 0.15) is 0 Å². The number of hydrogen-bond acceptors (Lipinski definition) is 3. The predicted molar refractivity (Wildman–Crippen MR) is 44.1 cm³/mol. The lowest BCUT2D eigenvalue weighted by molar-refractivity contribution is -0.118. The van der Waals surface area contributed by atoms with Gasteiger partial charge in [0.2, 0.25) is 5.91 Å². The fourth-order valence-corrected chi connectivity index (χ4v) is 0.767. The van der Waals surface area contributed by atoms with Crippen LogP contribution in [0.3, 0.4) is 0 Å². The third-order valence-electron chi connectivity index (χ3n) is 1.11. The first kappa shape index (κ1) is 9.97. The number of carbonyl (C=O) groups is 1. The molecule has 4 heteroatoms. The van der Waals surface area contributed by atoms with E-state index in [2.05, 4.69) is 10.7 Å². The van der Waals surface area contributed by atoms with Gasteiger partial charge in [-0.2, -0.15) is 0 Å². The Labute approximate surface area is 66.8 Å². The van der Waals surface area contributed by atoms with Gasteiger partial charge in [-0.25, -0.2) is 0 Å². The molecule has 64 valence electrons. The molecule has 0 heterocycles. The van der Waals surface area contributed by atoms with Crippen LogP contribution in [0.5, 0.6) is 0 Å². The first-order chi connectivity index (χ1) is 5.20. The summed E-state index contributed by atoms with van der Waals surface area (Å²) in [5, 5.41) is 2.66. The van der Waals surface area contributed by atoms with E-state index >= 15 is 0 Å². The second kappa shape index (κ2) is 5.73. The van der Waals surface area contributed by atoms with Crippen LogP contribution in [-0.2, 0) is 4.79 Å². The SMILES string of the molecule is CCC/C(=C\NN)NC(C)=O. The lowest BCUT2D eigenvalue weighted by Crippen LogP contribution is -2.23. The van der Waals surface area contributed by atoms with Crippen molar-refractivity contribution in [3.63, 3.8) is 0 Å². The van der Waals surface area contributed by atoms with Crippen molar-refractivity contribution in [2.45, 2.75) is 26.7 Å². The summed E-state index contributed by atoms with van der Waals surface area (Å²) in [6, 6.07) is 0. The molecule has 0 unspecified atom stereocenters. The predicted octanol–water partition coefficient (Wildman–Crippen LogP) is 0.227. The summed E-state index contributed by atoms with van der Waals surface area (Å²) >= 11 is 0. The number of hydrogen-bond donors (Lipinski definition) is 3. The first-order valence-electron chi connectivity index (χ1n) is 3.63. The van der Waals surface area contributed by atoms with Crippen molar-refractivity contribution in [3.05, 3.63) is 11.9 Å². The molecule has 0 bridgehead atoms. The molecule has 0 aromatic carbocycles. The van der Waals surface area contributed by atoms with E-state index in [4.69, 9.17) is 5.84 Å². The minimum absolute atomic E-state index is 0.0695. The minimum Gasteiger partial charge on any atom is -0.330 e. The highest BCUT2D eigenvalue weighted by Gasteiger charge is 1.96. The number of allylic oxidation sites excluding steroid dienone is 1. The van der Waals surface area contributed by atoms with Gasteiger partial charge in [0.15, 0.2) is 0 Å². The standard InChI is InChI=1S/C7H15N3O/c1-3-4-7(5-9-8)10-6(2)11/h5,9H,3-4,8H2,1-2H3,(H,10,11)/b7-5+. The molecule has 0 aliphatic heterocycles. The van der Waals surface area contributed by atoms with Crippen LogP contribution in [0.15, 0.2) is 11.9 Å². The molecule has 0 fully saturated rings. The average Bonchev–Trinajstić information content (AvgIpc) is 1.87. The average molecular weight is 157 g/mol. The maximum atomic E-state index is 10.6. The van der Waals surface area contributed by atoms with Gasteiger partial charge in [-0.05, 0) is 6.42 Å². The molecule has 0 atom stereocenters. The fourth-order valence-electron chi connectivity index (χ4n) is 0.767. The van der Waals surface area contributed by atoms with Crippen LogP contribution in [0.4, 0.5) is 0 Å². The molecule has 4 N–H and O–H groups in total. The van der Waals surface area contributed by atoms with Crippen LogP contribution < -0.4 is 16.6 Å². The van der Waals surface area contributed by atoms with E-state index in [9.17, 15) is 4.79 Å². The molecule has 1 amide bonds. The summed E-state index contributed by atoms with van der Waals surface area (Å²) in [4.78, 5) is 10.6. The van der Waals surface area contributed by atoms with Gasteiger partial charge in [-0.3, -0.25) is 10.6 Å². The molecule has 0 radical (unpaired) electrons. The van der Waals surface area contributed by atoms with E-state index in [1.54, 1.807) is 6.20 Å². The summed E-state index contributed by atoms with van der Waals surface area (Å²) in [6.45, 7) is 3.51. The Morgan fingerprint density at radius 2 is 2.27 bits per heavy atom. The van der Waals surface area contributed by atoms with Crippen molar-refractivity contribution in [1.29, 1.82) is 0 Å². The van der Waals surface area contributed by atoms with Gasteiger partial charge in [0, 0.05) is 18.8 Å². The Morgan fingerprint density at radius 1 is 1.64 bits per heavy atom. The summed E-state index contributed by atoms with van der Waals surface area (Å²) in [5.74, 6) is 4.99. The van der Waals surface area contributed by atoms with Gasteiger partial charge in [-0.15, -0.1) is 0 Å². The third-order valence-corrected chi connectivity index (χ3v) is 1.11. The Bertz CT molecular complexity index is 154. The van der Waals surface area contributed by atoms with Crippen molar-refractivity contribution in [1.82, 2.24) is 10.7 Å². The van der Waals surface area contributed by atoms with Crippen LogP contribution in [0.25, 0.3) is 0 Å². The molecular weight excluding hydrogens is 142 g/mol. The number of nitrogens with two attached hydrogens (primary N) is 1. The Balaban J connectivity index is 3.89. The minimum atomic E-state index is -0.0695. The highest BCUT2D eigenvalue weighted by molar-refractivity contribution is 5.74.